The molecule has 0 spiro atoms. The summed E-state index contributed by atoms with van der Waals surface area (Å²) in [6.45, 7) is 0. The molecule has 2 aromatic rings. The molecule has 2 saturated heterocycles. The van der Waals surface area contributed by atoms with Gasteiger partial charge >= 0.3 is 0 Å². The molecule has 0 saturated carbocycles. The lowest BCUT2D eigenvalue weighted by atomic mass is 9.98. The Bertz CT molecular complexity index is 704. The Kier molecular flexibility index (Phi) is 3.05. The highest BCUT2D eigenvalue weighted by Crippen LogP contribution is 2.32. The summed E-state index contributed by atoms with van der Waals surface area (Å²) < 4.78 is 0. The molecular weight excluding hydrogens is 258 g/mol. The van der Waals surface area contributed by atoms with Crippen molar-refractivity contribution in [3.63, 3.8) is 0 Å². The molecule has 0 radical (unpaired) electrons. The first kappa shape index (κ1) is 12.7. The van der Waals surface area contributed by atoms with Crippen LogP contribution in [0.2, 0.25) is 0 Å². The molecule has 4 rings (SSSR count). The molecule has 3 nitrogen and oxygen atoms in total. The van der Waals surface area contributed by atoms with Gasteiger partial charge in [-0.25, -0.2) is 0 Å². The molecule has 21 heavy (non-hydrogen) atoms. The third-order valence-corrected chi connectivity index (χ3v) is 4.88. The van der Waals surface area contributed by atoms with Crippen LogP contribution in [0.1, 0.15) is 31.2 Å². The van der Waals surface area contributed by atoms with Crippen molar-refractivity contribution in [2.24, 2.45) is 0 Å². The van der Waals surface area contributed by atoms with Crippen molar-refractivity contribution >= 4 is 16.5 Å². The first-order chi connectivity index (χ1) is 10.3. The molecule has 2 atom stereocenters. The van der Waals surface area contributed by atoms with Crippen LogP contribution >= 0.6 is 0 Å². The quantitative estimate of drug-likeness (QED) is 0.884. The summed E-state index contributed by atoms with van der Waals surface area (Å²) in [6, 6.07) is 16.4. The topological polar surface area (TPSA) is 47.9 Å². The molecule has 2 fully saturated rings. The van der Waals surface area contributed by atoms with E-state index in [2.05, 4.69) is 28.8 Å². The van der Waals surface area contributed by atoms with Crippen LogP contribution in [0.3, 0.4) is 0 Å². The van der Waals surface area contributed by atoms with Gasteiger partial charge in [0.2, 0.25) is 0 Å². The van der Waals surface area contributed by atoms with Crippen LogP contribution in [-0.4, -0.2) is 18.1 Å². The van der Waals surface area contributed by atoms with Crippen LogP contribution in [0.5, 0.6) is 0 Å². The van der Waals surface area contributed by atoms with E-state index in [1.54, 1.807) is 0 Å². The summed E-state index contributed by atoms with van der Waals surface area (Å²) in [7, 11) is 0. The third-order valence-electron chi connectivity index (χ3n) is 4.88. The Hall–Kier alpha value is -2.05. The van der Waals surface area contributed by atoms with Gasteiger partial charge in [-0.05, 0) is 37.8 Å². The second-order valence-corrected chi connectivity index (χ2v) is 6.27. The van der Waals surface area contributed by atoms with Gasteiger partial charge in [0.25, 0.3) is 0 Å². The Labute approximate surface area is 125 Å². The minimum atomic E-state index is 0.542. The maximum absolute atomic E-state index is 9.25. The lowest BCUT2D eigenvalue weighted by molar-refractivity contribution is 0.378. The maximum atomic E-state index is 9.25. The highest BCUT2D eigenvalue weighted by Gasteiger charge is 2.33. The molecule has 2 aliphatic heterocycles. The summed E-state index contributed by atoms with van der Waals surface area (Å²) in [5.74, 6) is 0. The summed E-state index contributed by atoms with van der Waals surface area (Å²) in [4.78, 5) is 0. The minimum Gasteiger partial charge on any atom is -0.382 e. The third kappa shape index (κ3) is 2.26. The second-order valence-electron chi connectivity index (χ2n) is 6.27. The SMILES string of the molecule is N#Cc1ccc(NC2CC3CCC(C2)N3)c2ccccc12. The number of benzene rings is 2. The molecule has 2 aliphatic rings. The predicted molar refractivity (Wildman–Crippen MR) is 85.3 cm³/mol. The molecule has 0 aromatic heterocycles. The average Bonchev–Trinajstić information content (AvgIpc) is 2.86. The smallest absolute Gasteiger partial charge is 0.0998 e. The highest BCUT2D eigenvalue weighted by atomic mass is 15.0. The fraction of sp³-hybridized carbons (Fsp3) is 0.389. The average molecular weight is 277 g/mol. The van der Waals surface area contributed by atoms with Gasteiger partial charge in [0.1, 0.15) is 0 Å². The Morgan fingerprint density at radius 1 is 1.00 bits per heavy atom. The van der Waals surface area contributed by atoms with E-state index in [1.807, 2.05) is 24.3 Å². The number of fused-ring (bicyclic) bond motifs is 3. The highest BCUT2D eigenvalue weighted by molar-refractivity contribution is 5.97. The lowest BCUT2D eigenvalue weighted by Crippen LogP contribution is -2.43. The zero-order valence-corrected chi connectivity index (χ0v) is 12.0. The zero-order chi connectivity index (χ0) is 14.2. The van der Waals surface area contributed by atoms with Gasteiger partial charge < -0.3 is 10.6 Å². The fourth-order valence-electron chi connectivity index (χ4n) is 3.92. The number of anilines is 1. The second kappa shape index (κ2) is 5.05. The summed E-state index contributed by atoms with van der Waals surface area (Å²) in [5, 5.41) is 18.9. The van der Waals surface area contributed by atoms with Crippen molar-refractivity contribution in [2.75, 3.05) is 5.32 Å². The summed E-state index contributed by atoms with van der Waals surface area (Å²) in [5.41, 5.74) is 1.91. The number of rotatable bonds is 2. The van der Waals surface area contributed by atoms with Gasteiger partial charge in [-0.1, -0.05) is 24.3 Å². The molecule has 2 unspecified atom stereocenters. The number of hydrogen-bond donors (Lipinski definition) is 2. The van der Waals surface area contributed by atoms with Gasteiger partial charge in [0.15, 0.2) is 0 Å². The van der Waals surface area contributed by atoms with Gasteiger partial charge in [-0.3, -0.25) is 0 Å². The van der Waals surface area contributed by atoms with E-state index in [9.17, 15) is 5.26 Å². The number of nitrogens with one attached hydrogen (secondary N) is 2. The van der Waals surface area contributed by atoms with E-state index < -0.39 is 0 Å². The van der Waals surface area contributed by atoms with E-state index in [-0.39, 0.29) is 0 Å². The molecule has 2 bridgehead atoms. The number of nitriles is 1. The molecule has 0 aliphatic carbocycles. The van der Waals surface area contributed by atoms with Crippen molar-refractivity contribution in [1.82, 2.24) is 5.32 Å². The van der Waals surface area contributed by atoms with Crippen LogP contribution in [-0.2, 0) is 0 Å². The van der Waals surface area contributed by atoms with Gasteiger partial charge in [-0.2, -0.15) is 5.26 Å². The zero-order valence-electron chi connectivity index (χ0n) is 12.0. The summed E-state index contributed by atoms with van der Waals surface area (Å²) in [6.07, 6.45) is 5.03. The Balaban J connectivity index is 1.66. The number of piperidine rings is 1. The van der Waals surface area contributed by atoms with Gasteiger partial charge in [0.05, 0.1) is 11.6 Å². The van der Waals surface area contributed by atoms with Gasteiger partial charge in [0, 0.05) is 34.6 Å². The Morgan fingerprint density at radius 3 is 2.43 bits per heavy atom. The first-order valence-electron chi connectivity index (χ1n) is 7.78. The van der Waals surface area contributed by atoms with Gasteiger partial charge in [-0.15, -0.1) is 0 Å². The first-order valence-corrected chi connectivity index (χ1v) is 7.78. The molecule has 2 N–H and O–H groups in total. The molecule has 3 heteroatoms. The van der Waals surface area contributed by atoms with Crippen molar-refractivity contribution in [3.8, 4) is 6.07 Å². The van der Waals surface area contributed by atoms with Crippen LogP contribution in [0.15, 0.2) is 36.4 Å². The molecule has 0 amide bonds. The molecule has 2 heterocycles. The normalized spacial score (nSPS) is 27.5. The minimum absolute atomic E-state index is 0.542. The van der Waals surface area contributed by atoms with E-state index in [4.69, 9.17) is 0 Å². The van der Waals surface area contributed by atoms with Crippen molar-refractivity contribution in [1.29, 1.82) is 5.26 Å². The van der Waals surface area contributed by atoms with E-state index in [0.29, 0.717) is 18.1 Å². The van der Waals surface area contributed by atoms with E-state index in [1.165, 1.54) is 25.7 Å². The van der Waals surface area contributed by atoms with E-state index >= 15 is 0 Å². The molecule has 106 valence electrons. The van der Waals surface area contributed by atoms with E-state index in [0.717, 1.165) is 22.0 Å². The van der Waals surface area contributed by atoms with Crippen LogP contribution in [0.25, 0.3) is 10.8 Å². The summed E-state index contributed by atoms with van der Waals surface area (Å²) >= 11 is 0. The van der Waals surface area contributed by atoms with Crippen molar-refractivity contribution < 1.29 is 0 Å². The maximum Gasteiger partial charge on any atom is 0.0998 e. The van der Waals surface area contributed by atoms with Crippen molar-refractivity contribution in [2.45, 2.75) is 43.8 Å². The number of nitrogens with zero attached hydrogens (tertiary/aromatic N) is 1. The Morgan fingerprint density at radius 2 is 1.71 bits per heavy atom. The fourth-order valence-corrected chi connectivity index (χ4v) is 3.92. The van der Waals surface area contributed by atoms with Crippen molar-refractivity contribution in [3.05, 3.63) is 42.0 Å². The predicted octanol–water partition coefficient (Wildman–Crippen LogP) is 3.41. The molecular formula is C18H19N3. The standard InChI is InChI=1S/C18H19N3/c19-11-12-5-8-18(17-4-2-1-3-16(12)17)21-15-9-13-6-7-14(10-15)20-13/h1-5,8,13-15,20-21H,6-7,9-10H2. The van der Waals surface area contributed by atoms with Crippen LogP contribution in [0, 0.1) is 11.3 Å². The monoisotopic (exact) mass is 277 g/mol. The van der Waals surface area contributed by atoms with Crippen LogP contribution < -0.4 is 10.6 Å². The van der Waals surface area contributed by atoms with Crippen LogP contribution in [0.4, 0.5) is 5.69 Å². The largest absolute Gasteiger partial charge is 0.382 e. The number of hydrogen-bond acceptors (Lipinski definition) is 3. The molecule has 2 aromatic carbocycles. The lowest BCUT2D eigenvalue weighted by Gasteiger charge is -2.30.